The first-order chi connectivity index (χ1) is 16.3. The summed E-state index contributed by atoms with van der Waals surface area (Å²) in [5, 5.41) is 20.2. The fourth-order valence-corrected chi connectivity index (χ4v) is 4.81. The Bertz CT molecular complexity index is 1370. The SMILES string of the molecule is c1cc2[nH]ncc2c(-c2cn(Cc3cn4cc(CNCC5CCCCC5)ccc4n3)nn2)n1. The molecule has 1 saturated carbocycles. The van der Waals surface area contributed by atoms with Crippen LogP contribution in [0.3, 0.4) is 0 Å². The molecule has 9 heteroatoms. The maximum Gasteiger partial charge on any atom is 0.137 e. The van der Waals surface area contributed by atoms with E-state index in [2.05, 4.69) is 59.7 Å². The van der Waals surface area contributed by atoms with Gasteiger partial charge in [-0.15, -0.1) is 5.10 Å². The molecule has 0 bridgehead atoms. The Kier molecular flexibility index (Phi) is 5.31. The van der Waals surface area contributed by atoms with Crippen LogP contribution in [-0.4, -0.2) is 46.1 Å². The van der Waals surface area contributed by atoms with E-state index in [1.54, 1.807) is 17.1 Å². The minimum absolute atomic E-state index is 0.547. The Morgan fingerprint density at radius 3 is 2.94 bits per heavy atom. The van der Waals surface area contributed by atoms with E-state index in [-0.39, 0.29) is 0 Å². The minimum Gasteiger partial charge on any atom is -0.312 e. The van der Waals surface area contributed by atoms with Gasteiger partial charge < -0.3 is 9.72 Å². The van der Waals surface area contributed by atoms with Crippen LogP contribution in [0.15, 0.2) is 49.2 Å². The molecule has 1 aliphatic rings. The number of hydrogen-bond acceptors (Lipinski definition) is 6. The summed E-state index contributed by atoms with van der Waals surface area (Å²) in [6, 6.07) is 6.13. The van der Waals surface area contributed by atoms with Crippen molar-refractivity contribution in [1.29, 1.82) is 0 Å². The van der Waals surface area contributed by atoms with Crippen molar-refractivity contribution in [3.8, 4) is 11.4 Å². The molecule has 2 N–H and O–H groups in total. The van der Waals surface area contributed by atoms with Crippen molar-refractivity contribution in [3.63, 3.8) is 0 Å². The number of H-pyrrole nitrogens is 1. The van der Waals surface area contributed by atoms with E-state index in [0.29, 0.717) is 6.54 Å². The van der Waals surface area contributed by atoms with Crippen molar-refractivity contribution in [1.82, 2.24) is 44.9 Å². The number of imidazole rings is 1. The molecule has 1 aliphatic carbocycles. The normalized spacial score (nSPS) is 15.0. The number of aromatic nitrogens is 8. The van der Waals surface area contributed by atoms with Crippen molar-refractivity contribution < 1.29 is 0 Å². The van der Waals surface area contributed by atoms with Gasteiger partial charge in [-0.1, -0.05) is 30.5 Å². The summed E-state index contributed by atoms with van der Waals surface area (Å²) in [4.78, 5) is 9.22. The first-order valence-electron chi connectivity index (χ1n) is 11.7. The van der Waals surface area contributed by atoms with Gasteiger partial charge in [0.1, 0.15) is 17.0 Å². The van der Waals surface area contributed by atoms with Gasteiger partial charge in [-0.05, 0) is 43.0 Å². The number of nitrogens with zero attached hydrogens (tertiary/aromatic N) is 7. The van der Waals surface area contributed by atoms with Crippen molar-refractivity contribution in [2.75, 3.05) is 6.54 Å². The molecule has 6 rings (SSSR count). The Balaban J connectivity index is 1.14. The zero-order chi connectivity index (χ0) is 22.0. The fraction of sp³-hybridized carbons (Fsp3) is 0.375. The van der Waals surface area contributed by atoms with Crippen LogP contribution in [-0.2, 0) is 13.1 Å². The second kappa shape index (κ2) is 8.74. The number of pyridine rings is 2. The molecule has 0 spiro atoms. The largest absolute Gasteiger partial charge is 0.312 e. The van der Waals surface area contributed by atoms with E-state index in [1.807, 2.05) is 12.3 Å². The van der Waals surface area contributed by atoms with Gasteiger partial charge in [0.05, 0.1) is 30.1 Å². The molecule has 5 aromatic rings. The fourth-order valence-electron chi connectivity index (χ4n) is 4.81. The standard InChI is InChI=1S/C24H27N9/c1-2-4-17(5-3-1)10-25-11-18-6-7-23-28-19(14-32(23)13-18)15-33-16-22(30-31-33)24-20-12-27-29-21(20)8-9-26-24/h6-9,12-14,16-17,25H,1-5,10-11,15H2,(H,27,29). The Hall–Kier alpha value is -3.59. The Morgan fingerprint density at radius 1 is 1.06 bits per heavy atom. The van der Waals surface area contributed by atoms with Crippen molar-refractivity contribution in [3.05, 3.63) is 60.4 Å². The third kappa shape index (κ3) is 4.23. The summed E-state index contributed by atoms with van der Waals surface area (Å²) in [6.45, 7) is 2.55. The average molecular weight is 442 g/mol. The maximum atomic E-state index is 4.75. The molecule has 1 fully saturated rings. The zero-order valence-electron chi connectivity index (χ0n) is 18.5. The van der Waals surface area contributed by atoms with Crippen LogP contribution < -0.4 is 5.32 Å². The van der Waals surface area contributed by atoms with Crippen LogP contribution in [0.4, 0.5) is 0 Å². The molecule has 5 heterocycles. The number of aromatic amines is 1. The highest BCUT2D eigenvalue weighted by atomic mass is 15.4. The summed E-state index contributed by atoms with van der Waals surface area (Å²) < 4.78 is 3.89. The van der Waals surface area contributed by atoms with Crippen LogP contribution in [0.5, 0.6) is 0 Å². The molecule has 0 amide bonds. The van der Waals surface area contributed by atoms with Gasteiger partial charge >= 0.3 is 0 Å². The lowest BCUT2D eigenvalue weighted by Gasteiger charge is -2.21. The van der Waals surface area contributed by atoms with Crippen molar-refractivity contribution in [2.24, 2.45) is 5.92 Å². The van der Waals surface area contributed by atoms with Crippen molar-refractivity contribution >= 4 is 16.6 Å². The van der Waals surface area contributed by atoms with Crippen LogP contribution in [0.2, 0.25) is 0 Å². The summed E-state index contributed by atoms with van der Waals surface area (Å²) in [6.07, 6.45) is 16.6. The van der Waals surface area contributed by atoms with Crippen LogP contribution in [0.25, 0.3) is 27.9 Å². The molecule has 0 atom stereocenters. The topological polar surface area (TPSA) is 102 Å². The Morgan fingerprint density at radius 2 is 2.00 bits per heavy atom. The molecular formula is C24H27N9. The second-order valence-corrected chi connectivity index (χ2v) is 8.96. The molecule has 9 nitrogen and oxygen atoms in total. The molecule has 0 aliphatic heterocycles. The van der Waals surface area contributed by atoms with Crippen LogP contribution >= 0.6 is 0 Å². The third-order valence-electron chi connectivity index (χ3n) is 6.52. The van der Waals surface area contributed by atoms with Gasteiger partial charge in [0.15, 0.2) is 0 Å². The zero-order valence-corrected chi connectivity index (χ0v) is 18.5. The highest BCUT2D eigenvalue weighted by Crippen LogP contribution is 2.24. The van der Waals surface area contributed by atoms with E-state index in [1.165, 1.54) is 37.7 Å². The molecule has 33 heavy (non-hydrogen) atoms. The number of hydrogen-bond donors (Lipinski definition) is 2. The lowest BCUT2D eigenvalue weighted by atomic mass is 9.89. The van der Waals surface area contributed by atoms with Gasteiger partial charge in [-0.2, -0.15) is 5.10 Å². The highest BCUT2D eigenvalue weighted by Gasteiger charge is 2.14. The number of fused-ring (bicyclic) bond motifs is 2. The molecule has 0 saturated heterocycles. The first kappa shape index (κ1) is 20.0. The third-order valence-corrected chi connectivity index (χ3v) is 6.52. The predicted octanol–water partition coefficient (Wildman–Crippen LogP) is 3.58. The second-order valence-electron chi connectivity index (χ2n) is 8.96. The lowest BCUT2D eigenvalue weighted by Crippen LogP contribution is -2.24. The molecule has 0 radical (unpaired) electrons. The number of nitrogens with one attached hydrogen (secondary N) is 2. The smallest absolute Gasteiger partial charge is 0.137 e. The molecular weight excluding hydrogens is 414 g/mol. The van der Waals surface area contributed by atoms with Gasteiger partial charge in [-0.3, -0.25) is 10.1 Å². The molecule has 5 aromatic heterocycles. The lowest BCUT2D eigenvalue weighted by molar-refractivity contribution is 0.342. The van der Waals surface area contributed by atoms with E-state index in [0.717, 1.165) is 52.6 Å². The van der Waals surface area contributed by atoms with Gasteiger partial charge in [0.2, 0.25) is 0 Å². The average Bonchev–Trinajstić information content (AvgIpc) is 3.59. The first-order valence-corrected chi connectivity index (χ1v) is 11.7. The Labute approximate surface area is 191 Å². The summed E-state index contributed by atoms with van der Waals surface area (Å²) >= 11 is 0. The van der Waals surface area contributed by atoms with E-state index in [9.17, 15) is 0 Å². The summed E-state index contributed by atoms with van der Waals surface area (Å²) in [7, 11) is 0. The van der Waals surface area contributed by atoms with Gasteiger partial charge in [0.25, 0.3) is 0 Å². The van der Waals surface area contributed by atoms with E-state index >= 15 is 0 Å². The minimum atomic E-state index is 0.547. The predicted molar refractivity (Wildman–Crippen MR) is 125 cm³/mol. The molecule has 0 aromatic carbocycles. The quantitative estimate of drug-likeness (QED) is 0.400. The molecule has 168 valence electrons. The highest BCUT2D eigenvalue weighted by molar-refractivity contribution is 5.90. The number of rotatable bonds is 7. The van der Waals surface area contributed by atoms with E-state index < -0.39 is 0 Å². The summed E-state index contributed by atoms with van der Waals surface area (Å²) in [5.74, 6) is 0.839. The van der Waals surface area contributed by atoms with Crippen molar-refractivity contribution in [2.45, 2.75) is 45.2 Å². The van der Waals surface area contributed by atoms with Gasteiger partial charge in [-0.25, -0.2) is 9.67 Å². The van der Waals surface area contributed by atoms with Gasteiger partial charge in [0, 0.05) is 30.5 Å². The van der Waals surface area contributed by atoms with Crippen LogP contribution in [0.1, 0.15) is 43.4 Å². The monoisotopic (exact) mass is 441 g/mol. The maximum absolute atomic E-state index is 4.75. The van der Waals surface area contributed by atoms with E-state index in [4.69, 9.17) is 4.98 Å². The summed E-state index contributed by atoms with van der Waals surface area (Å²) in [5.41, 5.74) is 5.56. The van der Waals surface area contributed by atoms with Crippen LogP contribution in [0, 0.1) is 5.92 Å². The molecule has 0 unspecified atom stereocenters.